The second kappa shape index (κ2) is 8.42. The van der Waals surface area contributed by atoms with Gasteiger partial charge >= 0.3 is 0 Å². The Morgan fingerprint density at radius 3 is 2.78 bits per heavy atom. The summed E-state index contributed by atoms with van der Waals surface area (Å²) in [5.74, 6) is 0.0601. The van der Waals surface area contributed by atoms with Gasteiger partial charge in [-0.15, -0.1) is 23.7 Å². The Hall–Kier alpha value is -0.690. The molecule has 0 saturated heterocycles. The molecule has 18 heavy (non-hydrogen) atoms. The lowest BCUT2D eigenvalue weighted by atomic mass is 10.0. The molecule has 5 nitrogen and oxygen atoms in total. The highest BCUT2D eigenvalue weighted by Crippen LogP contribution is 2.09. The third-order valence-corrected chi connectivity index (χ3v) is 3.18. The van der Waals surface area contributed by atoms with E-state index < -0.39 is 0 Å². The van der Waals surface area contributed by atoms with E-state index in [9.17, 15) is 9.90 Å². The van der Waals surface area contributed by atoms with Gasteiger partial charge in [-0.25, -0.2) is 4.98 Å². The maximum absolute atomic E-state index is 11.7. The number of thiazole rings is 1. The standard InChI is InChI=1S/C11H19N3O2S.ClH/c1-7(3-8(2)15)5-13-11(16)9-6-17-10(4-12)14-9;/h6-8,15H,3-5,12H2,1-2H3,(H,13,16);1H. The topological polar surface area (TPSA) is 88.2 Å². The van der Waals surface area contributed by atoms with Gasteiger partial charge in [0, 0.05) is 18.5 Å². The normalized spacial score (nSPS) is 13.6. The number of aromatic nitrogens is 1. The molecule has 2 atom stereocenters. The first kappa shape index (κ1) is 17.3. The zero-order chi connectivity index (χ0) is 12.8. The Bertz CT molecular complexity index is 371. The number of rotatable bonds is 6. The minimum Gasteiger partial charge on any atom is -0.393 e. The van der Waals surface area contributed by atoms with Gasteiger partial charge < -0.3 is 16.2 Å². The molecule has 2 unspecified atom stereocenters. The predicted octanol–water partition coefficient (Wildman–Crippen LogP) is 1.16. The summed E-state index contributed by atoms with van der Waals surface area (Å²) in [6.07, 6.45) is 0.329. The van der Waals surface area contributed by atoms with E-state index in [4.69, 9.17) is 5.73 Å². The van der Waals surface area contributed by atoms with Crippen molar-refractivity contribution in [1.82, 2.24) is 10.3 Å². The fourth-order valence-corrected chi connectivity index (χ4v) is 2.19. The predicted molar refractivity (Wildman–Crippen MR) is 75.0 cm³/mol. The molecule has 0 aliphatic carbocycles. The minimum absolute atomic E-state index is 0. The van der Waals surface area contributed by atoms with E-state index in [1.807, 2.05) is 6.92 Å². The van der Waals surface area contributed by atoms with Crippen molar-refractivity contribution in [2.45, 2.75) is 32.9 Å². The van der Waals surface area contributed by atoms with Crippen LogP contribution in [0.1, 0.15) is 35.8 Å². The Labute approximate surface area is 117 Å². The lowest BCUT2D eigenvalue weighted by Gasteiger charge is -2.13. The van der Waals surface area contributed by atoms with Gasteiger partial charge in [-0.2, -0.15) is 0 Å². The Kier molecular flexibility index (Phi) is 8.10. The summed E-state index contributed by atoms with van der Waals surface area (Å²) >= 11 is 1.39. The van der Waals surface area contributed by atoms with Crippen LogP contribution in [-0.2, 0) is 6.54 Å². The average Bonchev–Trinajstić information content (AvgIpc) is 2.73. The molecule has 0 spiro atoms. The largest absolute Gasteiger partial charge is 0.393 e. The third kappa shape index (κ3) is 5.77. The molecule has 0 fully saturated rings. The smallest absolute Gasteiger partial charge is 0.270 e. The molecule has 0 aromatic carbocycles. The second-order valence-corrected chi connectivity index (χ2v) is 5.17. The van der Waals surface area contributed by atoms with Crippen molar-refractivity contribution in [3.8, 4) is 0 Å². The van der Waals surface area contributed by atoms with E-state index in [-0.39, 0.29) is 30.3 Å². The lowest BCUT2D eigenvalue weighted by molar-refractivity contribution is 0.0935. The van der Waals surface area contributed by atoms with Gasteiger partial charge in [-0.1, -0.05) is 6.92 Å². The highest BCUT2D eigenvalue weighted by molar-refractivity contribution is 7.09. The number of carbonyl (C=O) groups is 1. The maximum Gasteiger partial charge on any atom is 0.270 e. The van der Waals surface area contributed by atoms with Crippen molar-refractivity contribution in [3.63, 3.8) is 0 Å². The number of nitrogens with zero attached hydrogens (tertiary/aromatic N) is 1. The first-order valence-corrected chi connectivity index (χ1v) is 6.51. The highest BCUT2D eigenvalue weighted by atomic mass is 35.5. The van der Waals surface area contributed by atoms with Gasteiger partial charge in [0.05, 0.1) is 6.10 Å². The van der Waals surface area contributed by atoms with Gasteiger partial charge in [0.2, 0.25) is 0 Å². The van der Waals surface area contributed by atoms with Crippen LogP contribution in [0.15, 0.2) is 5.38 Å². The van der Waals surface area contributed by atoms with Crippen LogP contribution >= 0.6 is 23.7 Å². The van der Waals surface area contributed by atoms with Crippen molar-refractivity contribution in [1.29, 1.82) is 0 Å². The molecular formula is C11H20ClN3O2S. The third-order valence-electron chi connectivity index (χ3n) is 2.31. The van der Waals surface area contributed by atoms with Crippen molar-refractivity contribution in [3.05, 3.63) is 16.1 Å². The number of hydrogen-bond donors (Lipinski definition) is 3. The molecule has 4 N–H and O–H groups in total. The molecular weight excluding hydrogens is 274 g/mol. The number of hydrogen-bond acceptors (Lipinski definition) is 5. The molecule has 1 aromatic rings. The van der Waals surface area contributed by atoms with Gasteiger partial charge in [0.25, 0.3) is 5.91 Å². The van der Waals surface area contributed by atoms with Crippen LogP contribution in [0.2, 0.25) is 0 Å². The van der Waals surface area contributed by atoms with Crippen LogP contribution in [0.5, 0.6) is 0 Å². The van der Waals surface area contributed by atoms with E-state index in [1.54, 1.807) is 12.3 Å². The fourth-order valence-electron chi connectivity index (χ4n) is 1.53. The van der Waals surface area contributed by atoms with Gasteiger partial charge in [0.1, 0.15) is 10.7 Å². The van der Waals surface area contributed by atoms with Crippen LogP contribution in [0.25, 0.3) is 0 Å². The summed E-state index contributed by atoms with van der Waals surface area (Å²) in [6, 6.07) is 0. The summed E-state index contributed by atoms with van der Waals surface area (Å²) in [7, 11) is 0. The van der Waals surface area contributed by atoms with Gasteiger partial charge in [-0.3, -0.25) is 4.79 Å². The first-order chi connectivity index (χ1) is 8.02. The molecule has 0 bridgehead atoms. The van der Waals surface area contributed by atoms with Crippen molar-refractivity contribution < 1.29 is 9.90 Å². The van der Waals surface area contributed by atoms with Crippen molar-refractivity contribution in [2.75, 3.05) is 6.54 Å². The second-order valence-electron chi connectivity index (χ2n) is 4.23. The summed E-state index contributed by atoms with van der Waals surface area (Å²) in [5, 5.41) is 14.5. The number of nitrogens with one attached hydrogen (secondary N) is 1. The van der Waals surface area contributed by atoms with Crippen molar-refractivity contribution >= 4 is 29.7 Å². The van der Waals surface area contributed by atoms with E-state index in [0.29, 0.717) is 25.2 Å². The van der Waals surface area contributed by atoms with Crippen LogP contribution in [0, 0.1) is 5.92 Å². The summed E-state index contributed by atoms with van der Waals surface area (Å²) in [4.78, 5) is 15.8. The number of aliphatic hydroxyl groups excluding tert-OH is 1. The molecule has 7 heteroatoms. The zero-order valence-electron chi connectivity index (χ0n) is 10.5. The zero-order valence-corrected chi connectivity index (χ0v) is 12.2. The van der Waals surface area contributed by atoms with Crippen LogP contribution < -0.4 is 11.1 Å². The summed E-state index contributed by atoms with van der Waals surface area (Å²) < 4.78 is 0. The number of amides is 1. The number of halogens is 1. The monoisotopic (exact) mass is 293 g/mol. The van der Waals surface area contributed by atoms with E-state index >= 15 is 0 Å². The summed E-state index contributed by atoms with van der Waals surface area (Å²) in [5.41, 5.74) is 5.85. The molecule has 0 aliphatic rings. The van der Waals surface area contributed by atoms with Gasteiger partial charge in [0.15, 0.2) is 0 Å². The Morgan fingerprint density at radius 2 is 2.28 bits per heavy atom. The molecule has 0 saturated carbocycles. The van der Waals surface area contributed by atoms with Gasteiger partial charge in [-0.05, 0) is 19.3 Å². The number of nitrogens with two attached hydrogens (primary N) is 1. The molecule has 1 heterocycles. The van der Waals surface area contributed by atoms with Crippen LogP contribution in [-0.4, -0.2) is 28.6 Å². The molecule has 104 valence electrons. The van der Waals surface area contributed by atoms with E-state index in [0.717, 1.165) is 5.01 Å². The summed E-state index contributed by atoms with van der Waals surface area (Å²) in [6.45, 7) is 4.63. The fraction of sp³-hybridized carbons (Fsp3) is 0.636. The molecule has 1 amide bonds. The molecule has 0 aliphatic heterocycles. The minimum atomic E-state index is -0.343. The molecule has 0 radical (unpaired) electrons. The van der Waals surface area contributed by atoms with Crippen molar-refractivity contribution in [2.24, 2.45) is 11.7 Å². The quantitative estimate of drug-likeness (QED) is 0.734. The highest BCUT2D eigenvalue weighted by Gasteiger charge is 2.12. The van der Waals surface area contributed by atoms with E-state index in [1.165, 1.54) is 11.3 Å². The number of carbonyl (C=O) groups excluding carboxylic acids is 1. The lowest BCUT2D eigenvalue weighted by Crippen LogP contribution is -2.29. The number of aliphatic hydroxyl groups is 1. The van der Waals surface area contributed by atoms with E-state index in [2.05, 4.69) is 10.3 Å². The molecule has 1 aromatic heterocycles. The van der Waals surface area contributed by atoms with Crippen LogP contribution in [0.3, 0.4) is 0 Å². The average molecular weight is 294 g/mol. The Morgan fingerprint density at radius 1 is 1.61 bits per heavy atom. The van der Waals surface area contributed by atoms with Crippen LogP contribution in [0.4, 0.5) is 0 Å². The Balaban J connectivity index is 0.00000289. The first-order valence-electron chi connectivity index (χ1n) is 5.63. The SMILES string of the molecule is CC(O)CC(C)CNC(=O)c1csc(CN)n1.Cl. The molecule has 1 rings (SSSR count). The maximum atomic E-state index is 11.7.